The van der Waals surface area contributed by atoms with E-state index in [1.807, 2.05) is 12.1 Å². The first-order valence-electron chi connectivity index (χ1n) is 7.69. The number of hydrogen-bond donors (Lipinski definition) is 1. The molecule has 1 aromatic heterocycles. The lowest BCUT2D eigenvalue weighted by molar-refractivity contribution is -0.133. The zero-order valence-corrected chi connectivity index (χ0v) is 14.2. The third-order valence-electron chi connectivity index (χ3n) is 3.86. The lowest BCUT2D eigenvalue weighted by Crippen LogP contribution is -2.07. The molecule has 0 fully saturated rings. The molecule has 3 aromatic rings. The number of nitrogens with one attached hydrogen (secondary N) is 1. The first-order valence-corrected chi connectivity index (χ1v) is 8.07. The minimum absolute atomic E-state index is 0.0411. The molecule has 7 heteroatoms. The molecule has 0 aliphatic carbocycles. The highest BCUT2D eigenvalue weighted by Gasteiger charge is 2.17. The van der Waals surface area contributed by atoms with Gasteiger partial charge in [0.2, 0.25) is 0 Å². The van der Waals surface area contributed by atoms with Gasteiger partial charge in [-0.25, -0.2) is 4.39 Å². The van der Waals surface area contributed by atoms with E-state index in [2.05, 4.69) is 16.3 Å². The summed E-state index contributed by atoms with van der Waals surface area (Å²) in [6.45, 7) is 0.343. The molecule has 26 heavy (non-hydrogen) atoms. The van der Waals surface area contributed by atoms with E-state index in [-0.39, 0.29) is 5.02 Å². The molecule has 0 bridgehead atoms. The van der Waals surface area contributed by atoms with E-state index < -0.39 is 11.9 Å². The van der Waals surface area contributed by atoms with E-state index in [9.17, 15) is 9.18 Å². The quantitative estimate of drug-likeness (QED) is 0.660. The van der Waals surface area contributed by atoms with Gasteiger partial charge in [0.1, 0.15) is 11.9 Å². The highest BCUT2D eigenvalue weighted by Crippen LogP contribution is 2.27. The molecule has 0 saturated carbocycles. The molecule has 0 aliphatic heterocycles. The van der Waals surface area contributed by atoms with Gasteiger partial charge in [-0.05, 0) is 35.9 Å². The largest absolute Gasteiger partial charge is 0.459 e. The first-order chi connectivity index (χ1) is 12.6. The van der Waals surface area contributed by atoms with Crippen molar-refractivity contribution < 1.29 is 13.9 Å². The van der Waals surface area contributed by atoms with Crippen LogP contribution < -0.4 is 0 Å². The van der Waals surface area contributed by atoms with Gasteiger partial charge in [0, 0.05) is 17.7 Å². The van der Waals surface area contributed by atoms with E-state index in [1.54, 1.807) is 18.2 Å². The first kappa shape index (κ1) is 17.6. The Morgan fingerprint density at radius 2 is 2.15 bits per heavy atom. The van der Waals surface area contributed by atoms with Crippen LogP contribution in [-0.4, -0.2) is 16.7 Å². The maximum absolute atomic E-state index is 13.3. The van der Waals surface area contributed by atoms with Crippen molar-refractivity contribution in [3.8, 4) is 17.3 Å². The van der Waals surface area contributed by atoms with Gasteiger partial charge in [0.05, 0.1) is 22.3 Å². The summed E-state index contributed by atoms with van der Waals surface area (Å²) >= 11 is 5.81. The number of ether oxygens (including phenoxy) is 1. The van der Waals surface area contributed by atoms with Crippen molar-refractivity contribution >= 4 is 18.1 Å². The average molecular weight is 370 g/mol. The molecule has 3 rings (SSSR count). The number of carbonyl (C=O) groups is 1. The summed E-state index contributed by atoms with van der Waals surface area (Å²) in [6, 6.07) is 15.1. The Kier molecular flexibility index (Phi) is 5.30. The monoisotopic (exact) mass is 369 g/mol. The van der Waals surface area contributed by atoms with Crippen LogP contribution >= 0.6 is 11.6 Å². The van der Waals surface area contributed by atoms with Crippen LogP contribution in [0.2, 0.25) is 5.02 Å². The summed E-state index contributed by atoms with van der Waals surface area (Å²) in [5.41, 5.74) is 3.29. The van der Waals surface area contributed by atoms with Crippen molar-refractivity contribution in [1.82, 2.24) is 10.2 Å². The van der Waals surface area contributed by atoms with Gasteiger partial charge in [-0.15, -0.1) is 0 Å². The van der Waals surface area contributed by atoms with E-state index in [0.717, 1.165) is 11.3 Å². The molecule has 0 aliphatic rings. The second kappa shape index (κ2) is 7.81. The van der Waals surface area contributed by atoms with Crippen LogP contribution in [0.25, 0.3) is 11.3 Å². The maximum Gasteiger partial charge on any atom is 0.293 e. The van der Waals surface area contributed by atoms with Crippen molar-refractivity contribution in [3.05, 3.63) is 76.2 Å². The van der Waals surface area contributed by atoms with Crippen molar-refractivity contribution in [3.63, 3.8) is 0 Å². The summed E-state index contributed by atoms with van der Waals surface area (Å²) in [4.78, 5) is 10.8. The van der Waals surface area contributed by atoms with Crippen molar-refractivity contribution in [2.45, 2.75) is 12.5 Å². The second-order valence-corrected chi connectivity index (χ2v) is 5.98. The average Bonchev–Trinajstić information content (AvgIpc) is 3.12. The van der Waals surface area contributed by atoms with Gasteiger partial charge in [-0.2, -0.15) is 10.4 Å². The Hall–Kier alpha value is -3.17. The lowest BCUT2D eigenvalue weighted by atomic mass is 10.0. The summed E-state index contributed by atoms with van der Waals surface area (Å²) < 4.78 is 18.5. The predicted octanol–water partition coefficient (Wildman–Crippen LogP) is 4.20. The minimum Gasteiger partial charge on any atom is -0.459 e. The van der Waals surface area contributed by atoms with Crippen LogP contribution in [0.3, 0.4) is 0 Å². The van der Waals surface area contributed by atoms with Gasteiger partial charge < -0.3 is 4.74 Å². The number of nitriles is 1. The molecule has 5 nitrogen and oxygen atoms in total. The minimum atomic E-state index is -0.635. The Balaban J connectivity index is 1.84. The number of H-pyrrole nitrogens is 1. The Morgan fingerprint density at radius 3 is 2.88 bits per heavy atom. The van der Waals surface area contributed by atoms with E-state index in [4.69, 9.17) is 21.6 Å². The number of rotatable bonds is 6. The molecule has 130 valence electrons. The molecule has 0 spiro atoms. The molecule has 1 heterocycles. The van der Waals surface area contributed by atoms with Gasteiger partial charge in [0.15, 0.2) is 0 Å². The standard InChI is InChI=1S/C19H13ClFN3O2/c20-16-7-14(4-5-17(16)21)19(26-11-25)9-15-8-18(24-23-15)13-3-1-2-12(6-13)10-22/h1-8,11,19H,9H2,(H,23,24). The fourth-order valence-electron chi connectivity index (χ4n) is 2.59. The van der Waals surface area contributed by atoms with Crippen molar-refractivity contribution in [1.29, 1.82) is 5.26 Å². The van der Waals surface area contributed by atoms with E-state index in [0.29, 0.717) is 29.7 Å². The number of aromatic nitrogens is 2. The highest BCUT2D eigenvalue weighted by molar-refractivity contribution is 6.30. The number of carbonyl (C=O) groups excluding carboxylic acids is 1. The van der Waals surface area contributed by atoms with Crippen LogP contribution in [0.5, 0.6) is 0 Å². The van der Waals surface area contributed by atoms with Crippen LogP contribution in [0, 0.1) is 17.1 Å². The molecule has 1 atom stereocenters. The predicted molar refractivity (Wildman–Crippen MR) is 93.7 cm³/mol. The van der Waals surface area contributed by atoms with Crippen LogP contribution in [0.4, 0.5) is 4.39 Å². The molecule has 0 saturated heterocycles. The third-order valence-corrected chi connectivity index (χ3v) is 4.15. The highest BCUT2D eigenvalue weighted by atomic mass is 35.5. The topological polar surface area (TPSA) is 78.8 Å². The maximum atomic E-state index is 13.3. The van der Waals surface area contributed by atoms with Gasteiger partial charge >= 0.3 is 0 Å². The molecular weight excluding hydrogens is 357 g/mol. The smallest absolute Gasteiger partial charge is 0.293 e. The zero-order valence-electron chi connectivity index (χ0n) is 13.4. The van der Waals surface area contributed by atoms with Crippen molar-refractivity contribution in [2.24, 2.45) is 0 Å². The molecular formula is C19H13ClFN3O2. The van der Waals surface area contributed by atoms with Gasteiger partial charge in [-0.1, -0.05) is 29.8 Å². The number of halogens is 2. The Bertz CT molecular complexity index is 981. The van der Waals surface area contributed by atoms with E-state index >= 15 is 0 Å². The SMILES string of the molecule is N#Cc1cccc(-c2cc(CC(OC=O)c3ccc(F)c(Cl)c3)[nH]n2)c1. The molecule has 2 aromatic carbocycles. The normalized spacial score (nSPS) is 11.6. The lowest BCUT2D eigenvalue weighted by Gasteiger charge is -2.15. The van der Waals surface area contributed by atoms with Crippen LogP contribution in [0.15, 0.2) is 48.5 Å². The summed E-state index contributed by atoms with van der Waals surface area (Å²) in [7, 11) is 0. The second-order valence-electron chi connectivity index (χ2n) is 5.57. The summed E-state index contributed by atoms with van der Waals surface area (Å²) in [6.07, 6.45) is -0.324. The van der Waals surface area contributed by atoms with Crippen LogP contribution in [-0.2, 0) is 16.0 Å². The number of benzene rings is 2. The van der Waals surface area contributed by atoms with Crippen LogP contribution in [0.1, 0.15) is 22.9 Å². The zero-order chi connectivity index (χ0) is 18.5. The summed E-state index contributed by atoms with van der Waals surface area (Å²) in [5, 5.41) is 16.1. The fraction of sp³-hybridized carbons (Fsp3) is 0.105. The Morgan fingerprint density at radius 1 is 1.31 bits per heavy atom. The van der Waals surface area contributed by atoms with Gasteiger partial charge in [0.25, 0.3) is 6.47 Å². The third kappa shape index (κ3) is 3.90. The van der Waals surface area contributed by atoms with Gasteiger partial charge in [-0.3, -0.25) is 9.89 Å². The van der Waals surface area contributed by atoms with E-state index in [1.165, 1.54) is 18.2 Å². The summed E-state index contributed by atoms with van der Waals surface area (Å²) in [5.74, 6) is -0.540. The molecule has 1 N–H and O–H groups in total. The number of aromatic amines is 1. The Labute approximate surface area is 154 Å². The number of nitrogens with zero attached hydrogens (tertiary/aromatic N) is 2. The molecule has 0 radical (unpaired) electrons. The van der Waals surface area contributed by atoms with Crippen molar-refractivity contribution in [2.75, 3.05) is 0 Å². The number of hydrogen-bond acceptors (Lipinski definition) is 4. The molecule has 1 unspecified atom stereocenters. The fourth-order valence-corrected chi connectivity index (χ4v) is 2.78. The molecule has 0 amide bonds.